The highest BCUT2D eigenvalue weighted by Gasteiger charge is 2.33. The van der Waals surface area contributed by atoms with Crippen molar-refractivity contribution < 1.29 is 41.7 Å². The van der Waals surface area contributed by atoms with E-state index in [1.807, 2.05) is 87.9 Å². The van der Waals surface area contributed by atoms with Gasteiger partial charge in [-0.3, -0.25) is 23.9 Å². The Morgan fingerprint density at radius 2 is 1.55 bits per heavy atom. The summed E-state index contributed by atoms with van der Waals surface area (Å²) in [7, 11) is 1.75. The van der Waals surface area contributed by atoms with Crippen LogP contribution in [0.25, 0.3) is 11.1 Å². The number of carbonyl (C=O) groups excluding carboxylic acids is 2. The van der Waals surface area contributed by atoms with Crippen molar-refractivity contribution >= 4 is 31.6 Å². The fourth-order valence-electron chi connectivity index (χ4n) is 4.96. The highest BCUT2D eigenvalue weighted by molar-refractivity contribution is 7.98. The molecule has 1 N–H and O–H groups in total. The molecular weight excluding hydrogens is 719 g/mol. The molecule has 0 saturated heterocycles. The number of nitrogens with zero attached hydrogens (tertiary/aromatic N) is 5. The second kappa shape index (κ2) is 20.6. The fraction of sp³-hybridized carbons (Fsp3) is 0.324. The van der Waals surface area contributed by atoms with Gasteiger partial charge in [0.25, 0.3) is 0 Å². The van der Waals surface area contributed by atoms with E-state index in [4.69, 9.17) is 23.0 Å². The Hall–Kier alpha value is -4.63. The Balaban J connectivity index is 0.000000401. The van der Waals surface area contributed by atoms with E-state index in [1.54, 1.807) is 0 Å². The van der Waals surface area contributed by atoms with Crippen LogP contribution in [0.2, 0.25) is 0 Å². The number of esters is 1. The highest BCUT2D eigenvalue weighted by Crippen LogP contribution is 2.49. The first-order valence-electron chi connectivity index (χ1n) is 16.7. The molecule has 0 spiro atoms. The normalized spacial score (nSPS) is 13.6. The molecular formula is C37H45N6O8PS. The van der Waals surface area contributed by atoms with Crippen molar-refractivity contribution in [1.29, 1.82) is 0 Å². The van der Waals surface area contributed by atoms with Crippen LogP contribution in [0.3, 0.4) is 0 Å². The number of phosphoric acid groups is 1. The van der Waals surface area contributed by atoms with Crippen LogP contribution < -0.4 is 10.4 Å². The number of rotatable bonds is 19. The summed E-state index contributed by atoms with van der Waals surface area (Å²) in [4.78, 5) is 25.5. The summed E-state index contributed by atoms with van der Waals surface area (Å²) in [5.74, 6) is -0.133. The topological polar surface area (TPSA) is 162 Å². The SMILES string of the molecule is C=CCOC(=O)[C@H](COP(=O)(OCC=C)OCC[N+](C)(C)C)NC(=O)OCC1c2ccccc2-c2ccccc21.c1ccc(CSc2nnn[n-]2)cc1. The van der Waals surface area contributed by atoms with Crippen LogP contribution in [0.15, 0.2) is 109 Å². The molecule has 16 heteroatoms. The number of quaternary nitrogens is 1. The van der Waals surface area contributed by atoms with Gasteiger partial charge in [0.05, 0.1) is 39.5 Å². The third kappa shape index (κ3) is 13.4. The Labute approximate surface area is 314 Å². The number of ether oxygens (including phenoxy) is 2. The van der Waals surface area contributed by atoms with Gasteiger partial charge in [0.2, 0.25) is 0 Å². The van der Waals surface area contributed by atoms with Gasteiger partial charge in [0.15, 0.2) is 6.04 Å². The third-order valence-electron chi connectivity index (χ3n) is 7.54. The van der Waals surface area contributed by atoms with Crippen molar-refractivity contribution in [1.82, 2.24) is 25.9 Å². The molecule has 1 aliphatic carbocycles. The lowest BCUT2D eigenvalue weighted by molar-refractivity contribution is -0.870. The predicted octanol–water partition coefficient (Wildman–Crippen LogP) is 5.79. The van der Waals surface area contributed by atoms with Crippen LogP contribution in [0.4, 0.5) is 4.79 Å². The first-order valence-corrected chi connectivity index (χ1v) is 19.2. The summed E-state index contributed by atoms with van der Waals surface area (Å²) >= 11 is 1.53. The second-order valence-electron chi connectivity index (χ2n) is 12.6. The van der Waals surface area contributed by atoms with Gasteiger partial charge in [-0.15, -0.1) is 18.3 Å². The van der Waals surface area contributed by atoms with Crippen molar-refractivity contribution in [2.24, 2.45) is 0 Å². The molecule has 53 heavy (non-hydrogen) atoms. The summed E-state index contributed by atoms with van der Waals surface area (Å²) in [5.41, 5.74) is 5.53. The van der Waals surface area contributed by atoms with E-state index >= 15 is 0 Å². The number of likely N-dealkylation sites (N-methyl/N-ethyl adjacent to an activating group) is 1. The summed E-state index contributed by atoms with van der Waals surface area (Å²) in [6, 6.07) is 24.7. The largest absolute Gasteiger partial charge is 0.475 e. The standard InChI is InChI=1S/C29H37N2O8P.C8H7N4S/c1-6-17-35-28(32)27(21-39-40(34,37-18-7-2)38-19-16-31(3,4)5)30-29(33)36-20-26-24-14-10-8-12-22(24)23-13-9-11-15-25(23)26;1-2-4-7(5-3-1)6-13-8-9-11-12-10-8/h6-15,26-27H,1-2,16-21H2,3-5H3;1-5H,6H2/q;-1/p+1/t27-,40?;/m0./s1. The van der Waals surface area contributed by atoms with E-state index in [1.165, 1.54) is 29.5 Å². The molecule has 0 bridgehead atoms. The third-order valence-corrected chi connectivity index (χ3v) is 9.86. The number of fused-ring (bicyclic) bond motifs is 3. The van der Waals surface area contributed by atoms with Gasteiger partial charge in [0, 0.05) is 11.7 Å². The van der Waals surface area contributed by atoms with Crippen LogP contribution in [-0.4, -0.2) is 98.8 Å². The monoisotopic (exact) mass is 764 g/mol. The van der Waals surface area contributed by atoms with Crippen molar-refractivity contribution in [3.63, 3.8) is 0 Å². The lowest BCUT2D eigenvalue weighted by Gasteiger charge is -2.25. The summed E-state index contributed by atoms with van der Waals surface area (Å²) < 4.78 is 40.5. The molecule has 1 unspecified atom stereocenters. The van der Waals surface area contributed by atoms with Gasteiger partial charge in [-0.25, -0.2) is 14.2 Å². The number of amides is 1. The Kier molecular flexibility index (Phi) is 16.0. The average Bonchev–Trinajstić information content (AvgIpc) is 3.79. The zero-order chi connectivity index (χ0) is 38.1. The molecule has 282 valence electrons. The molecule has 4 aromatic rings. The van der Waals surface area contributed by atoms with Gasteiger partial charge in [-0.1, -0.05) is 97.6 Å². The number of benzene rings is 3. The number of carbonyl (C=O) groups is 2. The van der Waals surface area contributed by atoms with Crippen LogP contribution in [0.5, 0.6) is 0 Å². The van der Waals surface area contributed by atoms with Crippen molar-refractivity contribution in [3.8, 4) is 11.1 Å². The number of nitrogens with one attached hydrogen (secondary N) is 1. The maximum atomic E-state index is 13.2. The van der Waals surface area contributed by atoms with E-state index in [0.717, 1.165) is 28.0 Å². The van der Waals surface area contributed by atoms with E-state index in [2.05, 4.69) is 51.2 Å². The maximum absolute atomic E-state index is 13.2. The molecule has 5 rings (SSSR count). The molecule has 0 aliphatic heterocycles. The number of hydrogen-bond acceptors (Lipinski definition) is 12. The predicted molar refractivity (Wildman–Crippen MR) is 201 cm³/mol. The van der Waals surface area contributed by atoms with E-state index in [0.29, 0.717) is 16.2 Å². The summed E-state index contributed by atoms with van der Waals surface area (Å²) in [6.45, 7) is 6.97. The molecule has 1 aromatic heterocycles. The Morgan fingerprint density at radius 3 is 2.15 bits per heavy atom. The first-order chi connectivity index (χ1) is 25.5. The number of phosphoric ester groups is 1. The lowest BCUT2D eigenvalue weighted by Crippen LogP contribution is -2.45. The van der Waals surface area contributed by atoms with Gasteiger partial charge < -0.3 is 24.4 Å². The van der Waals surface area contributed by atoms with Crippen LogP contribution in [0.1, 0.15) is 22.6 Å². The van der Waals surface area contributed by atoms with Crippen molar-refractivity contribution in [2.75, 3.05) is 60.7 Å². The van der Waals surface area contributed by atoms with Gasteiger partial charge in [-0.05, 0) is 27.8 Å². The number of aromatic nitrogens is 4. The Morgan fingerprint density at radius 1 is 0.906 bits per heavy atom. The van der Waals surface area contributed by atoms with E-state index in [-0.39, 0.29) is 32.3 Å². The number of alkyl carbamates (subject to hydrolysis) is 1. The molecule has 2 atom stereocenters. The molecule has 1 heterocycles. The summed E-state index contributed by atoms with van der Waals surface area (Å²) in [5, 5.41) is 17.3. The highest BCUT2D eigenvalue weighted by atomic mass is 32.2. The number of thioether (sulfide) groups is 1. The zero-order valence-electron chi connectivity index (χ0n) is 30.0. The number of hydrogen-bond donors (Lipinski definition) is 1. The fourth-order valence-corrected chi connectivity index (χ4v) is 6.78. The molecule has 3 aromatic carbocycles. The van der Waals surface area contributed by atoms with E-state index < -0.39 is 32.5 Å². The molecule has 0 radical (unpaired) electrons. The molecule has 14 nitrogen and oxygen atoms in total. The average molecular weight is 765 g/mol. The second-order valence-corrected chi connectivity index (χ2v) is 15.2. The van der Waals surface area contributed by atoms with Gasteiger partial charge in [-0.2, -0.15) is 5.21 Å². The first kappa shape index (κ1) is 41.1. The Bertz CT molecular complexity index is 1780. The molecule has 1 aliphatic rings. The summed E-state index contributed by atoms with van der Waals surface area (Å²) in [6.07, 6.45) is 1.91. The molecule has 0 saturated carbocycles. The van der Waals surface area contributed by atoms with Crippen molar-refractivity contribution in [3.05, 3.63) is 121 Å². The van der Waals surface area contributed by atoms with Crippen LogP contribution >= 0.6 is 19.6 Å². The lowest BCUT2D eigenvalue weighted by atomic mass is 9.98. The smallest absolute Gasteiger partial charge is 0.460 e. The van der Waals surface area contributed by atoms with Crippen molar-refractivity contribution in [2.45, 2.75) is 22.9 Å². The zero-order valence-corrected chi connectivity index (χ0v) is 31.7. The maximum Gasteiger partial charge on any atom is 0.475 e. The number of tetrazole rings is 1. The minimum absolute atomic E-state index is 0.0459. The van der Waals surface area contributed by atoms with Gasteiger partial charge in [0.1, 0.15) is 26.4 Å². The van der Waals surface area contributed by atoms with Gasteiger partial charge >= 0.3 is 19.9 Å². The minimum atomic E-state index is -4.09. The van der Waals surface area contributed by atoms with E-state index in [9.17, 15) is 14.2 Å². The van der Waals surface area contributed by atoms with Crippen LogP contribution in [-0.2, 0) is 38.2 Å². The van der Waals surface area contributed by atoms with Crippen LogP contribution in [0, 0.1) is 0 Å². The molecule has 0 fully saturated rings. The minimum Gasteiger partial charge on any atom is -0.460 e. The quantitative estimate of drug-likeness (QED) is 0.0402. The molecule has 1 amide bonds.